The molecule has 2 aromatic rings. The summed E-state index contributed by atoms with van der Waals surface area (Å²) in [6.45, 7) is 4.61. The van der Waals surface area contributed by atoms with Crippen molar-refractivity contribution in [2.24, 2.45) is 0 Å². The van der Waals surface area contributed by atoms with Gasteiger partial charge in [0.1, 0.15) is 5.01 Å². The van der Waals surface area contributed by atoms with E-state index in [1.165, 1.54) is 16.0 Å². The lowest BCUT2D eigenvalue weighted by Gasteiger charge is -2.04. The second-order valence-electron chi connectivity index (χ2n) is 4.63. The van der Waals surface area contributed by atoms with Gasteiger partial charge in [0.05, 0.1) is 6.54 Å². The molecule has 4 heteroatoms. The first kappa shape index (κ1) is 13.7. The maximum absolute atomic E-state index is 11.7. The summed E-state index contributed by atoms with van der Waals surface area (Å²) < 4.78 is 0. The van der Waals surface area contributed by atoms with Crippen LogP contribution in [-0.4, -0.2) is 10.9 Å². The molecular weight excluding hydrogens is 256 g/mol. The smallest absolute Gasteiger partial charge is 0.220 e. The molecule has 0 unspecified atom stereocenters. The Morgan fingerprint density at radius 3 is 2.89 bits per heavy atom. The highest BCUT2D eigenvalue weighted by molar-refractivity contribution is 7.11. The number of aromatic nitrogens is 1. The molecule has 1 aromatic heterocycles. The normalized spacial score (nSPS) is 10.4. The van der Waals surface area contributed by atoms with Crippen LogP contribution in [0.2, 0.25) is 0 Å². The minimum absolute atomic E-state index is 0.0781. The predicted octanol–water partition coefficient (Wildman–Crippen LogP) is 3.01. The molecule has 19 heavy (non-hydrogen) atoms. The zero-order chi connectivity index (χ0) is 13.7. The molecule has 0 aliphatic rings. The van der Waals surface area contributed by atoms with Gasteiger partial charge in [0.15, 0.2) is 0 Å². The lowest BCUT2D eigenvalue weighted by atomic mass is 10.1. The molecule has 0 aliphatic heterocycles. The summed E-state index contributed by atoms with van der Waals surface area (Å²) in [5, 5.41) is 3.87. The first-order valence-corrected chi connectivity index (χ1v) is 7.18. The van der Waals surface area contributed by atoms with Crippen molar-refractivity contribution in [2.75, 3.05) is 0 Å². The molecule has 0 saturated carbocycles. The summed E-state index contributed by atoms with van der Waals surface area (Å²) in [6.07, 6.45) is 3.14. The Labute approximate surface area is 117 Å². The Bertz CT molecular complexity index is 563. The van der Waals surface area contributed by atoms with Gasteiger partial charge in [0.2, 0.25) is 5.91 Å². The number of rotatable bonds is 5. The van der Waals surface area contributed by atoms with E-state index >= 15 is 0 Å². The van der Waals surface area contributed by atoms with Crippen molar-refractivity contribution < 1.29 is 4.79 Å². The van der Waals surface area contributed by atoms with Gasteiger partial charge in [-0.3, -0.25) is 4.79 Å². The van der Waals surface area contributed by atoms with Crippen LogP contribution in [0.15, 0.2) is 30.5 Å². The molecule has 1 N–H and O–H groups in total. The zero-order valence-corrected chi connectivity index (χ0v) is 12.1. The van der Waals surface area contributed by atoms with Crippen molar-refractivity contribution in [2.45, 2.75) is 33.2 Å². The fraction of sp³-hybridized carbons (Fsp3) is 0.333. The summed E-state index contributed by atoms with van der Waals surface area (Å²) in [5.41, 5.74) is 2.44. The molecule has 1 aromatic carbocycles. The van der Waals surface area contributed by atoms with Gasteiger partial charge in [-0.1, -0.05) is 29.8 Å². The van der Waals surface area contributed by atoms with Gasteiger partial charge in [-0.2, -0.15) is 0 Å². The molecule has 0 bridgehead atoms. The predicted molar refractivity (Wildman–Crippen MR) is 78.2 cm³/mol. The van der Waals surface area contributed by atoms with Crippen molar-refractivity contribution in [1.82, 2.24) is 10.3 Å². The highest BCUT2D eigenvalue weighted by Crippen LogP contribution is 2.11. The molecule has 0 atom stereocenters. The third-order valence-corrected chi connectivity index (χ3v) is 3.74. The number of carbonyl (C=O) groups excluding carboxylic acids is 1. The Kier molecular flexibility index (Phi) is 4.68. The number of nitrogens with one attached hydrogen (secondary N) is 1. The van der Waals surface area contributed by atoms with Crippen molar-refractivity contribution in [3.8, 4) is 0 Å². The van der Waals surface area contributed by atoms with Gasteiger partial charge in [0, 0.05) is 17.5 Å². The van der Waals surface area contributed by atoms with Crippen molar-refractivity contribution in [1.29, 1.82) is 0 Å². The number of hydrogen-bond acceptors (Lipinski definition) is 3. The highest BCUT2D eigenvalue weighted by atomic mass is 32.1. The van der Waals surface area contributed by atoms with Crippen LogP contribution >= 0.6 is 11.3 Å². The molecule has 0 spiro atoms. The topological polar surface area (TPSA) is 42.0 Å². The molecule has 0 aliphatic carbocycles. The van der Waals surface area contributed by atoms with Gasteiger partial charge < -0.3 is 5.32 Å². The van der Waals surface area contributed by atoms with Crippen LogP contribution < -0.4 is 5.32 Å². The van der Waals surface area contributed by atoms with E-state index in [4.69, 9.17) is 0 Å². The van der Waals surface area contributed by atoms with Crippen LogP contribution in [-0.2, 0) is 17.8 Å². The quantitative estimate of drug-likeness (QED) is 0.910. The SMILES string of the molecule is Cc1cccc(CCC(=O)NCc2ncc(C)s2)c1. The van der Waals surface area contributed by atoms with E-state index in [0.717, 1.165) is 11.4 Å². The lowest BCUT2D eigenvalue weighted by Crippen LogP contribution is -2.22. The molecule has 1 heterocycles. The van der Waals surface area contributed by atoms with E-state index in [2.05, 4.69) is 35.4 Å². The Hall–Kier alpha value is -1.68. The van der Waals surface area contributed by atoms with E-state index in [9.17, 15) is 4.79 Å². The molecule has 1 amide bonds. The van der Waals surface area contributed by atoms with Crippen LogP contribution in [0.5, 0.6) is 0 Å². The second-order valence-corrected chi connectivity index (χ2v) is 5.95. The van der Waals surface area contributed by atoms with Crippen molar-refractivity contribution in [3.05, 3.63) is 51.5 Å². The number of nitrogens with zero attached hydrogens (tertiary/aromatic N) is 1. The standard InChI is InChI=1S/C15H18N2OS/c1-11-4-3-5-13(8-11)6-7-14(18)16-10-15-17-9-12(2)19-15/h3-5,8-9H,6-7,10H2,1-2H3,(H,16,18). The first-order chi connectivity index (χ1) is 9.13. The Morgan fingerprint density at radius 2 is 2.21 bits per heavy atom. The monoisotopic (exact) mass is 274 g/mol. The third-order valence-electron chi connectivity index (χ3n) is 2.83. The Morgan fingerprint density at radius 1 is 1.37 bits per heavy atom. The summed E-state index contributed by atoms with van der Waals surface area (Å²) in [4.78, 5) is 17.1. The van der Waals surface area contributed by atoms with Crippen molar-refractivity contribution in [3.63, 3.8) is 0 Å². The minimum Gasteiger partial charge on any atom is -0.350 e. The number of hydrogen-bond donors (Lipinski definition) is 1. The summed E-state index contributed by atoms with van der Waals surface area (Å²) in [6, 6.07) is 8.28. The van der Waals surface area contributed by atoms with E-state index in [0.29, 0.717) is 13.0 Å². The largest absolute Gasteiger partial charge is 0.350 e. The summed E-state index contributed by atoms with van der Waals surface area (Å²) in [5.74, 6) is 0.0781. The highest BCUT2D eigenvalue weighted by Gasteiger charge is 2.04. The molecule has 100 valence electrons. The van der Waals surface area contributed by atoms with E-state index in [-0.39, 0.29) is 5.91 Å². The number of carbonyl (C=O) groups is 1. The fourth-order valence-corrected chi connectivity index (χ4v) is 2.60. The van der Waals surface area contributed by atoms with Crippen LogP contribution in [0.4, 0.5) is 0 Å². The third kappa shape index (κ3) is 4.48. The summed E-state index contributed by atoms with van der Waals surface area (Å²) in [7, 11) is 0. The fourth-order valence-electron chi connectivity index (χ4n) is 1.87. The van der Waals surface area contributed by atoms with Gasteiger partial charge in [-0.25, -0.2) is 4.98 Å². The average molecular weight is 274 g/mol. The van der Waals surface area contributed by atoms with E-state index in [1.807, 2.05) is 19.2 Å². The van der Waals surface area contributed by atoms with Crippen LogP contribution in [0.25, 0.3) is 0 Å². The van der Waals surface area contributed by atoms with Crippen molar-refractivity contribution >= 4 is 17.2 Å². The summed E-state index contributed by atoms with van der Waals surface area (Å²) >= 11 is 1.62. The molecule has 3 nitrogen and oxygen atoms in total. The molecule has 0 saturated heterocycles. The maximum Gasteiger partial charge on any atom is 0.220 e. The molecule has 0 radical (unpaired) electrons. The van der Waals surface area contributed by atoms with Crippen LogP contribution in [0.3, 0.4) is 0 Å². The molecule has 0 fully saturated rings. The number of amides is 1. The van der Waals surface area contributed by atoms with Crippen LogP contribution in [0, 0.1) is 13.8 Å². The van der Waals surface area contributed by atoms with E-state index in [1.54, 1.807) is 11.3 Å². The number of aryl methyl sites for hydroxylation is 3. The number of thiazole rings is 1. The Balaban J connectivity index is 1.75. The second kappa shape index (κ2) is 6.48. The molecular formula is C15H18N2OS. The minimum atomic E-state index is 0.0781. The number of benzene rings is 1. The maximum atomic E-state index is 11.7. The van der Waals surface area contributed by atoms with Gasteiger partial charge >= 0.3 is 0 Å². The van der Waals surface area contributed by atoms with E-state index < -0.39 is 0 Å². The van der Waals surface area contributed by atoms with Gasteiger partial charge in [-0.15, -0.1) is 11.3 Å². The van der Waals surface area contributed by atoms with Gasteiger partial charge in [-0.05, 0) is 25.8 Å². The molecule has 2 rings (SSSR count). The average Bonchev–Trinajstić information content (AvgIpc) is 2.80. The van der Waals surface area contributed by atoms with Crippen LogP contribution in [0.1, 0.15) is 27.4 Å². The van der Waals surface area contributed by atoms with Gasteiger partial charge in [0.25, 0.3) is 0 Å². The lowest BCUT2D eigenvalue weighted by molar-refractivity contribution is -0.121. The first-order valence-electron chi connectivity index (χ1n) is 6.37. The zero-order valence-electron chi connectivity index (χ0n) is 11.3.